The van der Waals surface area contributed by atoms with E-state index in [1.54, 1.807) is 12.1 Å². The SMILES string of the molecule is Cc1cc(C2CCN(C3CC4CCC(C3)N4)CC2)nc2c1nc(-c1ccc(S(C)(=O)=O)cc1)n2C. The number of aryl methyl sites for hydroxylation is 2. The van der Waals surface area contributed by atoms with Crippen LogP contribution in [0.1, 0.15) is 55.7 Å². The molecule has 0 radical (unpaired) electrons. The lowest BCUT2D eigenvalue weighted by Crippen LogP contribution is -2.50. The van der Waals surface area contributed by atoms with Crippen molar-refractivity contribution in [1.82, 2.24) is 24.8 Å². The number of rotatable bonds is 4. The summed E-state index contributed by atoms with van der Waals surface area (Å²) in [6.45, 7) is 4.45. The number of benzene rings is 1. The third-order valence-corrected chi connectivity index (χ3v) is 9.62. The highest BCUT2D eigenvalue weighted by Crippen LogP contribution is 2.35. The van der Waals surface area contributed by atoms with Crippen LogP contribution in [0.25, 0.3) is 22.6 Å². The Balaban J connectivity index is 1.22. The first-order valence-electron chi connectivity index (χ1n) is 12.9. The number of hydrogen-bond acceptors (Lipinski definition) is 6. The number of likely N-dealkylation sites (tertiary alicyclic amines) is 1. The van der Waals surface area contributed by atoms with Gasteiger partial charge in [0, 0.05) is 48.6 Å². The molecule has 3 saturated heterocycles. The van der Waals surface area contributed by atoms with E-state index in [0.717, 1.165) is 72.2 Å². The van der Waals surface area contributed by atoms with E-state index in [1.807, 2.05) is 23.7 Å². The Bertz CT molecular complexity index is 1340. The second-order valence-corrected chi connectivity index (χ2v) is 12.9. The molecule has 2 bridgehead atoms. The summed E-state index contributed by atoms with van der Waals surface area (Å²) in [5.74, 6) is 1.29. The van der Waals surface area contributed by atoms with Gasteiger partial charge >= 0.3 is 0 Å². The zero-order valence-electron chi connectivity index (χ0n) is 20.9. The quantitative estimate of drug-likeness (QED) is 0.595. The Morgan fingerprint density at radius 3 is 2.26 bits per heavy atom. The van der Waals surface area contributed by atoms with Crippen molar-refractivity contribution < 1.29 is 8.42 Å². The van der Waals surface area contributed by atoms with Gasteiger partial charge in [0.25, 0.3) is 0 Å². The summed E-state index contributed by atoms with van der Waals surface area (Å²) in [5, 5.41) is 3.77. The van der Waals surface area contributed by atoms with E-state index in [4.69, 9.17) is 9.97 Å². The fraction of sp³-hybridized carbons (Fsp3) is 0.556. The number of hydrogen-bond donors (Lipinski definition) is 1. The Morgan fingerprint density at radius 2 is 1.63 bits per heavy atom. The molecule has 3 aromatic rings. The molecule has 0 spiro atoms. The Kier molecular flexibility index (Phi) is 5.73. The van der Waals surface area contributed by atoms with E-state index in [-0.39, 0.29) is 0 Å². The van der Waals surface area contributed by atoms with Gasteiger partial charge in [-0.25, -0.2) is 18.4 Å². The summed E-state index contributed by atoms with van der Waals surface area (Å²) in [5.41, 5.74) is 5.04. The van der Waals surface area contributed by atoms with Crippen molar-refractivity contribution in [3.8, 4) is 11.4 Å². The molecule has 2 aromatic heterocycles. The van der Waals surface area contributed by atoms with Crippen LogP contribution in [0.3, 0.4) is 0 Å². The van der Waals surface area contributed by atoms with E-state index < -0.39 is 9.84 Å². The largest absolute Gasteiger partial charge is 0.312 e. The van der Waals surface area contributed by atoms with Crippen molar-refractivity contribution in [2.75, 3.05) is 19.3 Å². The minimum Gasteiger partial charge on any atom is -0.312 e. The van der Waals surface area contributed by atoms with Crippen LogP contribution < -0.4 is 5.32 Å². The van der Waals surface area contributed by atoms with Gasteiger partial charge in [-0.15, -0.1) is 0 Å². The van der Waals surface area contributed by atoms with Gasteiger partial charge in [-0.1, -0.05) is 0 Å². The number of piperidine rings is 2. The fourth-order valence-corrected chi connectivity index (χ4v) is 7.16. The van der Waals surface area contributed by atoms with Crippen molar-refractivity contribution in [2.24, 2.45) is 7.05 Å². The number of nitrogens with one attached hydrogen (secondary N) is 1. The van der Waals surface area contributed by atoms with Crippen molar-refractivity contribution >= 4 is 21.0 Å². The first-order chi connectivity index (χ1) is 16.8. The molecule has 186 valence electrons. The van der Waals surface area contributed by atoms with Gasteiger partial charge in [0.2, 0.25) is 0 Å². The molecule has 7 nitrogen and oxygen atoms in total. The predicted molar refractivity (Wildman–Crippen MR) is 138 cm³/mol. The smallest absolute Gasteiger partial charge is 0.175 e. The highest BCUT2D eigenvalue weighted by molar-refractivity contribution is 7.90. The van der Waals surface area contributed by atoms with E-state index >= 15 is 0 Å². The number of pyridine rings is 1. The average Bonchev–Trinajstić information content (AvgIpc) is 3.37. The van der Waals surface area contributed by atoms with Gasteiger partial charge < -0.3 is 14.8 Å². The monoisotopic (exact) mass is 493 g/mol. The lowest BCUT2D eigenvalue weighted by molar-refractivity contribution is 0.110. The molecule has 2 unspecified atom stereocenters. The summed E-state index contributed by atoms with van der Waals surface area (Å²) >= 11 is 0. The van der Waals surface area contributed by atoms with Gasteiger partial charge in [-0.05, 0) is 94.4 Å². The molecule has 8 heteroatoms. The lowest BCUT2D eigenvalue weighted by Gasteiger charge is -2.41. The predicted octanol–water partition coefficient (Wildman–Crippen LogP) is 3.81. The second-order valence-electron chi connectivity index (χ2n) is 10.9. The van der Waals surface area contributed by atoms with Gasteiger partial charge in [-0.3, -0.25) is 0 Å². The van der Waals surface area contributed by atoms with Crippen LogP contribution in [0.5, 0.6) is 0 Å². The van der Waals surface area contributed by atoms with Crippen molar-refractivity contribution in [3.05, 3.63) is 41.6 Å². The maximum absolute atomic E-state index is 11.8. The van der Waals surface area contributed by atoms with Gasteiger partial charge in [-0.2, -0.15) is 0 Å². The second kappa shape index (κ2) is 8.68. The van der Waals surface area contributed by atoms with Gasteiger partial charge in [0.05, 0.1) is 4.90 Å². The summed E-state index contributed by atoms with van der Waals surface area (Å²) in [4.78, 5) is 13.1. The van der Waals surface area contributed by atoms with Crippen LogP contribution in [0.2, 0.25) is 0 Å². The highest BCUT2D eigenvalue weighted by atomic mass is 32.2. The molecule has 3 aliphatic rings. The van der Waals surface area contributed by atoms with Crippen LogP contribution in [0.15, 0.2) is 35.2 Å². The van der Waals surface area contributed by atoms with Crippen LogP contribution >= 0.6 is 0 Å². The average molecular weight is 494 g/mol. The minimum absolute atomic E-state index is 0.320. The van der Waals surface area contributed by atoms with Crippen LogP contribution in [0, 0.1) is 6.92 Å². The lowest BCUT2D eigenvalue weighted by atomic mass is 9.89. The number of fused-ring (bicyclic) bond motifs is 3. The zero-order valence-corrected chi connectivity index (χ0v) is 21.7. The van der Waals surface area contributed by atoms with Crippen LogP contribution in [-0.4, -0.2) is 65.3 Å². The molecule has 2 atom stereocenters. The van der Waals surface area contributed by atoms with Crippen molar-refractivity contribution in [3.63, 3.8) is 0 Å². The molecule has 0 amide bonds. The van der Waals surface area contributed by atoms with Crippen molar-refractivity contribution in [1.29, 1.82) is 0 Å². The zero-order chi connectivity index (χ0) is 24.3. The topological polar surface area (TPSA) is 80.1 Å². The maximum atomic E-state index is 11.8. The maximum Gasteiger partial charge on any atom is 0.175 e. The standard InChI is InChI=1S/C27H35N5O2S/c1-17-14-24(18-10-12-32(13-11-18)22-15-20-6-7-21(16-22)28-20)29-27-25(17)30-26(31(27)2)19-4-8-23(9-5-19)35(3,33)34/h4-5,8-9,14,18,20-22,28H,6-7,10-13,15-16H2,1-3H3. The molecule has 6 rings (SSSR count). The first kappa shape index (κ1) is 23.1. The molecule has 0 saturated carbocycles. The summed E-state index contributed by atoms with van der Waals surface area (Å²) < 4.78 is 25.7. The molecule has 3 aliphatic heterocycles. The Hall–Kier alpha value is -2.29. The molecule has 5 heterocycles. The number of nitrogens with zero attached hydrogens (tertiary/aromatic N) is 4. The third-order valence-electron chi connectivity index (χ3n) is 8.49. The van der Waals surface area contributed by atoms with E-state index in [1.165, 1.54) is 37.6 Å². The summed E-state index contributed by atoms with van der Waals surface area (Å²) in [6.07, 6.45) is 8.89. The third kappa shape index (κ3) is 4.30. The minimum atomic E-state index is -3.22. The van der Waals surface area contributed by atoms with Crippen molar-refractivity contribution in [2.45, 2.75) is 74.4 Å². The highest BCUT2D eigenvalue weighted by Gasteiger charge is 2.37. The fourth-order valence-electron chi connectivity index (χ4n) is 6.53. The number of aromatic nitrogens is 3. The van der Waals surface area contributed by atoms with Gasteiger partial charge in [0.1, 0.15) is 11.3 Å². The Morgan fingerprint density at radius 1 is 0.971 bits per heavy atom. The molecule has 35 heavy (non-hydrogen) atoms. The van der Waals surface area contributed by atoms with Gasteiger partial charge in [0.15, 0.2) is 15.5 Å². The summed E-state index contributed by atoms with van der Waals surface area (Å²) in [6, 6.07) is 11.4. The van der Waals surface area contributed by atoms with E-state index in [9.17, 15) is 8.42 Å². The molecular formula is C27H35N5O2S. The molecular weight excluding hydrogens is 458 g/mol. The number of imidazole rings is 1. The molecule has 1 aromatic carbocycles. The number of sulfone groups is 1. The molecule has 1 N–H and O–H groups in total. The Labute approximate surface area is 207 Å². The van der Waals surface area contributed by atoms with E-state index in [0.29, 0.717) is 10.8 Å². The van der Waals surface area contributed by atoms with E-state index in [2.05, 4.69) is 23.2 Å². The van der Waals surface area contributed by atoms with Crippen LogP contribution in [-0.2, 0) is 16.9 Å². The first-order valence-corrected chi connectivity index (χ1v) is 14.8. The molecule has 3 fully saturated rings. The van der Waals surface area contributed by atoms with Crippen LogP contribution in [0.4, 0.5) is 0 Å². The molecule has 0 aliphatic carbocycles. The summed E-state index contributed by atoms with van der Waals surface area (Å²) in [7, 11) is -1.22. The normalized spacial score (nSPS) is 26.0.